The van der Waals surface area contributed by atoms with E-state index >= 15 is 0 Å². The van der Waals surface area contributed by atoms with Crippen molar-refractivity contribution in [2.45, 2.75) is 40.8 Å². The molecule has 0 aliphatic heterocycles. The fourth-order valence-corrected chi connectivity index (χ4v) is 4.14. The molecule has 0 amide bonds. The molecular formula is C26H26BrN3. The third-order valence-electron chi connectivity index (χ3n) is 6.04. The van der Waals surface area contributed by atoms with Gasteiger partial charge in [-0.05, 0) is 85.3 Å². The minimum absolute atomic E-state index is 0. The van der Waals surface area contributed by atoms with Gasteiger partial charge in [-0.25, -0.2) is 9.13 Å². The lowest BCUT2D eigenvalue weighted by atomic mass is 9.94. The third-order valence-corrected chi connectivity index (χ3v) is 6.04. The van der Waals surface area contributed by atoms with Crippen molar-refractivity contribution in [2.24, 2.45) is 0 Å². The van der Waals surface area contributed by atoms with Crippen LogP contribution in [0.4, 0.5) is 0 Å². The number of halogens is 1. The molecule has 30 heavy (non-hydrogen) atoms. The van der Waals surface area contributed by atoms with Crippen molar-refractivity contribution >= 4 is 11.0 Å². The summed E-state index contributed by atoms with van der Waals surface area (Å²) in [5.74, 6) is 0. The summed E-state index contributed by atoms with van der Waals surface area (Å²) in [5.41, 5.74) is 11.1. The Morgan fingerprint density at radius 1 is 0.900 bits per heavy atom. The van der Waals surface area contributed by atoms with Gasteiger partial charge in [0.05, 0.1) is 11.6 Å². The van der Waals surface area contributed by atoms with Crippen molar-refractivity contribution in [1.29, 1.82) is 5.26 Å². The van der Waals surface area contributed by atoms with E-state index in [1.165, 1.54) is 38.9 Å². The van der Waals surface area contributed by atoms with Gasteiger partial charge < -0.3 is 17.0 Å². The topological polar surface area (TPSA) is 32.6 Å². The Bertz CT molecular complexity index is 1240. The van der Waals surface area contributed by atoms with E-state index in [0.29, 0.717) is 5.56 Å². The SMILES string of the molecule is Cc1cc(C)c(C)c(Cn2c[n+](Cc3cccc(C#N)c3)c3ccccc32)c1C.[Br-]. The lowest BCUT2D eigenvalue weighted by Gasteiger charge is -2.14. The van der Waals surface area contributed by atoms with Crippen LogP contribution in [0.15, 0.2) is 60.9 Å². The first-order chi connectivity index (χ1) is 14.0. The van der Waals surface area contributed by atoms with E-state index in [-0.39, 0.29) is 17.0 Å². The average molecular weight is 460 g/mol. The molecule has 0 fully saturated rings. The molecule has 0 saturated carbocycles. The summed E-state index contributed by atoms with van der Waals surface area (Å²) in [7, 11) is 0. The molecule has 0 aliphatic carbocycles. The Kier molecular flexibility index (Phi) is 6.43. The molecule has 0 aliphatic rings. The summed E-state index contributed by atoms with van der Waals surface area (Å²) in [6.45, 7) is 10.4. The normalized spacial score (nSPS) is 10.6. The first-order valence-corrected chi connectivity index (χ1v) is 10.0. The molecule has 1 heterocycles. The monoisotopic (exact) mass is 459 g/mol. The van der Waals surface area contributed by atoms with Crippen LogP contribution in [0, 0.1) is 39.0 Å². The van der Waals surface area contributed by atoms with E-state index < -0.39 is 0 Å². The van der Waals surface area contributed by atoms with Gasteiger partial charge in [-0.15, -0.1) is 0 Å². The smallest absolute Gasteiger partial charge is 0.245 e. The number of hydrogen-bond donors (Lipinski definition) is 0. The molecule has 3 nitrogen and oxygen atoms in total. The van der Waals surface area contributed by atoms with Gasteiger partial charge in [0.1, 0.15) is 13.1 Å². The van der Waals surface area contributed by atoms with Gasteiger partial charge in [0.2, 0.25) is 6.33 Å². The van der Waals surface area contributed by atoms with Gasteiger partial charge in [-0.3, -0.25) is 0 Å². The summed E-state index contributed by atoms with van der Waals surface area (Å²) >= 11 is 0. The summed E-state index contributed by atoms with van der Waals surface area (Å²) in [6.07, 6.45) is 2.21. The Balaban J connectivity index is 0.00000256. The van der Waals surface area contributed by atoms with E-state index in [9.17, 15) is 5.26 Å². The second-order valence-corrected chi connectivity index (χ2v) is 7.91. The molecule has 152 valence electrons. The van der Waals surface area contributed by atoms with Gasteiger partial charge in [-0.2, -0.15) is 5.26 Å². The fraction of sp³-hybridized carbons (Fsp3) is 0.231. The summed E-state index contributed by atoms with van der Waals surface area (Å²) in [6, 6.07) is 20.9. The number of nitriles is 1. The maximum Gasteiger partial charge on any atom is 0.245 e. The van der Waals surface area contributed by atoms with Crippen LogP contribution >= 0.6 is 0 Å². The van der Waals surface area contributed by atoms with E-state index in [1.54, 1.807) is 0 Å². The van der Waals surface area contributed by atoms with Crippen molar-refractivity contribution in [3.8, 4) is 6.07 Å². The predicted octanol–water partition coefficient (Wildman–Crippen LogP) is 2.13. The predicted molar refractivity (Wildman–Crippen MR) is 117 cm³/mol. The second-order valence-electron chi connectivity index (χ2n) is 7.91. The highest BCUT2D eigenvalue weighted by atomic mass is 79.9. The molecule has 4 rings (SSSR count). The summed E-state index contributed by atoms with van der Waals surface area (Å²) in [5, 5.41) is 9.20. The zero-order chi connectivity index (χ0) is 20.5. The lowest BCUT2D eigenvalue weighted by molar-refractivity contribution is -0.663. The molecule has 0 N–H and O–H groups in total. The molecule has 3 aromatic carbocycles. The Labute approximate surface area is 189 Å². The van der Waals surface area contributed by atoms with Gasteiger partial charge in [0.15, 0.2) is 11.0 Å². The van der Waals surface area contributed by atoms with Gasteiger partial charge in [0, 0.05) is 0 Å². The number of aromatic nitrogens is 2. The van der Waals surface area contributed by atoms with Crippen LogP contribution < -0.4 is 21.5 Å². The zero-order valence-electron chi connectivity index (χ0n) is 17.9. The number of fused-ring (bicyclic) bond motifs is 1. The molecule has 0 saturated heterocycles. The number of hydrogen-bond acceptors (Lipinski definition) is 1. The number of rotatable bonds is 4. The van der Waals surface area contributed by atoms with Crippen LogP contribution in [0.5, 0.6) is 0 Å². The maximum absolute atomic E-state index is 9.20. The van der Waals surface area contributed by atoms with E-state index in [0.717, 1.165) is 18.7 Å². The average Bonchev–Trinajstić information content (AvgIpc) is 3.07. The Hall–Kier alpha value is -2.90. The quantitative estimate of drug-likeness (QED) is 0.430. The van der Waals surface area contributed by atoms with Crippen LogP contribution in [-0.2, 0) is 13.1 Å². The maximum atomic E-state index is 9.20. The first-order valence-electron chi connectivity index (χ1n) is 10.0. The molecule has 0 bridgehead atoms. The fourth-order valence-electron chi connectivity index (χ4n) is 4.14. The zero-order valence-corrected chi connectivity index (χ0v) is 19.5. The minimum atomic E-state index is 0. The number of para-hydroxylation sites is 2. The van der Waals surface area contributed by atoms with E-state index in [4.69, 9.17) is 0 Å². The molecular weight excluding hydrogens is 434 g/mol. The standard InChI is InChI=1S/C26H26N3.BrH/c1-18-12-19(2)21(4)24(20(18)3)16-29-17-28(25-10-5-6-11-26(25)29)15-23-9-7-8-22(13-23)14-27;/h5-13,17H,15-16H2,1-4H3;1H/q+1;/p-1. The van der Waals surface area contributed by atoms with Crippen LogP contribution in [0.2, 0.25) is 0 Å². The molecule has 0 radical (unpaired) electrons. The number of benzene rings is 3. The second kappa shape index (κ2) is 8.85. The number of nitrogens with zero attached hydrogens (tertiary/aromatic N) is 3. The highest BCUT2D eigenvalue weighted by Gasteiger charge is 2.18. The van der Waals surface area contributed by atoms with Crippen molar-refractivity contribution in [2.75, 3.05) is 0 Å². The molecule has 1 aromatic heterocycles. The van der Waals surface area contributed by atoms with Crippen molar-refractivity contribution in [3.05, 3.63) is 99.9 Å². The highest BCUT2D eigenvalue weighted by Crippen LogP contribution is 2.24. The minimum Gasteiger partial charge on any atom is -1.00 e. The molecule has 0 unspecified atom stereocenters. The molecule has 0 atom stereocenters. The van der Waals surface area contributed by atoms with Crippen LogP contribution in [0.25, 0.3) is 11.0 Å². The van der Waals surface area contributed by atoms with Crippen molar-refractivity contribution in [3.63, 3.8) is 0 Å². The summed E-state index contributed by atoms with van der Waals surface area (Å²) < 4.78 is 4.62. The highest BCUT2D eigenvalue weighted by molar-refractivity contribution is 5.71. The number of imidazole rings is 1. The lowest BCUT2D eigenvalue weighted by Crippen LogP contribution is -3.00. The van der Waals surface area contributed by atoms with Gasteiger partial charge in [0.25, 0.3) is 0 Å². The largest absolute Gasteiger partial charge is 1.00 e. The molecule has 4 heteroatoms. The van der Waals surface area contributed by atoms with Gasteiger partial charge in [-0.1, -0.05) is 30.3 Å². The van der Waals surface area contributed by atoms with Crippen LogP contribution in [0.1, 0.15) is 38.9 Å². The first kappa shape index (κ1) is 21.8. The van der Waals surface area contributed by atoms with Crippen LogP contribution in [-0.4, -0.2) is 4.57 Å². The van der Waals surface area contributed by atoms with E-state index in [2.05, 4.69) is 85.6 Å². The Morgan fingerprint density at radius 2 is 1.60 bits per heavy atom. The molecule has 4 aromatic rings. The van der Waals surface area contributed by atoms with Crippen LogP contribution in [0.3, 0.4) is 0 Å². The van der Waals surface area contributed by atoms with E-state index in [1.807, 2.05) is 18.2 Å². The number of aryl methyl sites for hydroxylation is 2. The summed E-state index contributed by atoms with van der Waals surface area (Å²) in [4.78, 5) is 0. The Morgan fingerprint density at radius 3 is 2.30 bits per heavy atom. The van der Waals surface area contributed by atoms with Crippen molar-refractivity contribution in [1.82, 2.24) is 4.57 Å². The van der Waals surface area contributed by atoms with Crippen molar-refractivity contribution < 1.29 is 21.5 Å². The molecule has 0 spiro atoms. The third kappa shape index (κ3) is 4.04. The van der Waals surface area contributed by atoms with Gasteiger partial charge >= 0.3 is 0 Å².